The molecular formula is C8H15N5O. The summed E-state index contributed by atoms with van der Waals surface area (Å²) < 4.78 is 1.75. The number of carbonyl (C=O) groups excluding carboxylic acids is 1. The largest absolute Gasteiger partial charge is 0.368 e. The van der Waals surface area contributed by atoms with E-state index in [0.29, 0.717) is 13.1 Å². The zero-order valence-corrected chi connectivity index (χ0v) is 8.10. The number of nitrogens with zero attached hydrogens (tertiary/aromatic N) is 2. The molecule has 0 bridgehead atoms. The minimum absolute atomic E-state index is 0.376. The minimum atomic E-state index is -0.636. The third-order valence-electron chi connectivity index (χ3n) is 1.96. The molecule has 1 aromatic rings. The van der Waals surface area contributed by atoms with Crippen molar-refractivity contribution >= 4 is 5.91 Å². The van der Waals surface area contributed by atoms with Crippen LogP contribution in [-0.2, 0) is 18.4 Å². The topological polar surface area (TPSA) is 99.0 Å². The zero-order valence-electron chi connectivity index (χ0n) is 8.10. The minimum Gasteiger partial charge on any atom is -0.368 e. The van der Waals surface area contributed by atoms with E-state index in [4.69, 9.17) is 11.5 Å². The van der Waals surface area contributed by atoms with Crippen molar-refractivity contribution < 1.29 is 4.79 Å². The maximum atomic E-state index is 10.6. The average molecular weight is 197 g/mol. The molecule has 1 heterocycles. The number of hydrogen-bond acceptors (Lipinski definition) is 4. The lowest BCUT2D eigenvalue weighted by Gasteiger charge is -2.08. The van der Waals surface area contributed by atoms with Crippen LogP contribution in [0.3, 0.4) is 0 Å². The molecule has 1 amide bonds. The van der Waals surface area contributed by atoms with Crippen LogP contribution in [0, 0.1) is 0 Å². The Kier molecular flexibility index (Phi) is 3.61. The third-order valence-corrected chi connectivity index (χ3v) is 1.96. The quantitative estimate of drug-likeness (QED) is 0.525. The number of aromatic nitrogens is 2. The molecule has 6 heteroatoms. The molecule has 0 saturated carbocycles. The van der Waals surface area contributed by atoms with Gasteiger partial charge < -0.3 is 16.8 Å². The second kappa shape index (κ2) is 4.73. The predicted octanol–water partition coefficient (Wildman–Crippen LogP) is -1.68. The van der Waals surface area contributed by atoms with Gasteiger partial charge in [-0.05, 0) is 6.07 Å². The van der Waals surface area contributed by atoms with Gasteiger partial charge in [-0.2, -0.15) is 5.10 Å². The van der Waals surface area contributed by atoms with Crippen molar-refractivity contribution in [1.29, 1.82) is 0 Å². The normalized spacial score (nSPS) is 12.7. The number of primary amides is 1. The molecule has 0 fully saturated rings. The van der Waals surface area contributed by atoms with Gasteiger partial charge in [-0.15, -0.1) is 0 Å². The summed E-state index contributed by atoms with van der Waals surface area (Å²) in [6.45, 7) is 0.998. The Morgan fingerprint density at radius 1 is 1.79 bits per heavy atom. The molecule has 0 aliphatic heterocycles. The summed E-state index contributed by atoms with van der Waals surface area (Å²) in [7, 11) is 1.85. The van der Waals surface area contributed by atoms with Gasteiger partial charge in [0.15, 0.2) is 0 Å². The summed E-state index contributed by atoms with van der Waals surface area (Å²) in [5.41, 5.74) is 11.5. The monoisotopic (exact) mass is 197 g/mol. The summed E-state index contributed by atoms with van der Waals surface area (Å²) in [6.07, 6.45) is 1.71. The molecule has 78 valence electrons. The van der Waals surface area contributed by atoms with Crippen molar-refractivity contribution in [2.24, 2.45) is 18.5 Å². The zero-order chi connectivity index (χ0) is 10.6. The van der Waals surface area contributed by atoms with Crippen molar-refractivity contribution in [1.82, 2.24) is 15.1 Å². The van der Waals surface area contributed by atoms with Crippen LogP contribution in [0.4, 0.5) is 0 Å². The van der Waals surface area contributed by atoms with Crippen LogP contribution >= 0.6 is 0 Å². The smallest absolute Gasteiger partial charge is 0.235 e. The van der Waals surface area contributed by atoms with Gasteiger partial charge in [-0.25, -0.2) is 0 Å². The molecule has 0 aliphatic rings. The molecule has 14 heavy (non-hydrogen) atoms. The van der Waals surface area contributed by atoms with Crippen molar-refractivity contribution in [3.8, 4) is 0 Å². The molecular weight excluding hydrogens is 182 g/mol. The van der Waals surface area contributed by atoms with Crippen LogP contribution in [0.2, 0.25) is 0 Å². The fraction of sp³-hybridized carbons (Fsp3) is 0.500. The van der Waals surface area contributed by atoms with Crippen LogP contribution in [0.15, 0.2) is 12.3 Å². The van der Waals surface area contributed by atoms with Gasteiger partial charge in [0.05, 0.1) is 11.7 Å². The average Bonchev–Trinajstić information content (AvgIpc) is 2.51. The van der Waals surface area contributed by atoms with Gasteiger partial charge in [-0.1, -0.05) is 0 Å². The molecule has 1 atom stereocenters. The van der Waals surface area contributed by atoms with Crippen LogP contribution in [-0.4, -0.2) is 28.3 Å². The first kappa shape index (κ1) is 10.7. The Bertz CT molecular complexity index is 308. The Labute approximate surface area is 82.3 Å². The van der Waals surface area contributed by atoms with E-state index in [1.807, 2.05) is 13.1 Å². The molecule has 0 radical (unpaired) electrons. The van der Waals surface area contributed by atoms with Crippen molar-refractivity contribution in [2.45, 2.75) is 12.6 Å². The first-order valence-corrected chi connectivity index (χ1v) is 4.33. The lowest BCUT2D eigenvalue weighted by molar-refractivity contribution is -0.119. The van der Waals surface area contributed by atoms with Crippen molar-refractivity contribution in [2.75, 3.05) is 6.54 Å². The Morgan fingerprint density at radius 2 is 2.50 bits per heavy atom. The van der Waals surface area contributed by atoms with Gasteiger partial charge in [0.2, 0.25) is 5.91 Å². The highest BCUT2D eigenvalue weighted by Gasteiger charge is 2.08. The molecule has 0 aromatic carbocycles. The number of aryl methyl sites for hydroxylation is 1. The fourth-order valence-corrected chi connectivity index (χ4v) is 1.03. The van der Waals surface area contributed by atoms with E-state index in [-0.39, 0.29) is 0 Å². The molecule has 0 aliphatic carbocycles. The van der Waals surface area contributed by atoms with Crippen molar-refractivity contribution in [3.05, 3.63) is 18.0 Å². The fourth-order valence-electron chi connectivity index (χ4n) is 1.03. The number of rotatable bonds is 5. The number of nitrogens with one attached hydrogen (secondary N) is 1. The Morgan fingerprint density at radius 3 is 3.00 bits per heavy atom. The summed E-state index contributed by atoms with van der Waals surface area (Å²) in [5.74, 6) is -0.498. The molecule has 0 saturated heterocycles. The highest BCUT2D eigenvalue weighted by Crippen LogP contribution is 1.94. The van der Waals surface area contributed by atoms with Crippen LogP contribution < -0.4 is 16.8 Å². The van der Waals surface area contributed by atoms with E-state index >= 15 is 0 Å². The maximum absolute atomic E-state index is 10.6. The molecule has 1 rings (SSSR count). The van der Waals surface area contributed by atoms with E-state index in [2.05, 4.69) is 10.4 Å². The lowest BCUT2D eigenvalue weighted by Crippen LogP contribution is -2.44. The van der Waals surface area contributed by atoms with Crippen LogP contribution in [0.1, 0.15) is 5.69 Å². The third kappa shape index (κ3) is 2.82. The summed E-state index contributed by atoms with van der Waals surface area (Å²) >= 11 is 0. The van der Waals surface area contributed by atoms with Gasteiger partial charge in [0, 0.05) is 26.3 Å². The van der Waals surface area contributed by atoms with Crippen LogP contribution in [0.25, 0.3) is 0 Å². The maximum Gasteiger partial charge on any atom is 0.235 e. The highest BCUT2D eigenvalue weighted by molar-refractivity contribution is 5.79. The summed E-state index contributed by atoms with van der Waals surface area (Å²) in [5, 5.41) is 7.03. The predicted molar refractivity (Wildman–Crippen MR) is 52.1 cm³/mol. The van der Waals surface area contributed by atoms with E-state index in [1.165, 1.54) is 0 Å². The molecule has 1 aromatic heterocycles. The Hall–Kier alpha value is -1.40. The lowest BCUT2D eigenvalue weighted by atomic mass is 10.3. The number of carbonyl (C=O) groups is 1. The second-order valence-electron chi connectivity index (χ2n) is 3.09. The van der Waals surface area contributed by atoms with Crippen molar-refractivity contribution in [3.63, 3.8) is 0 Å². The molecule has 0 spiro atoms. The number of hydrogen-bond donors (Lipinski definition) is 3. The van der Waals surface area contributed by atoms with E-state index in [1.54, 1.807) is 10.9 Å². The summed E-state index contributed by atoms with van der Waals surface area (Å²) in [4.78, 5) is 10.6. The molecule has 5 N–H and O–H groups in total. The van der Waals surface area contributed by atoms with E-state index < -0.39 is 11.9 Å². The molecule has 6 nitrogen and oxygen atoms in total. The standard InChI is InChI=1S/C8H15N5O/c1-13-6(2-3-12-13)4-11-5-7(9)8(10)14/h2-3,7,11H,4-5,9H2,1H3,(H2,10,14). The number of nitrogens with two attached hydrogens (primary N) is 2. The van der Waals surface area contributed by atoms with Gasteiger partial charge in [-0.3, -0.25) is 9.48 Å². The SMILES string of the molecule is Cn1nccc1CNCC(N)C(N)=O. The second-order valence-corrected chi connectivity index (χ2v) is 3.09. The summed E-state index contributed by atoms with van der Waals surface area (Å²) in [6, 6.07) is 1.26. The number of amides is 1. The van der Waals surface area contributed by atoms with Gasteiger partial charge in [0.1, 0.15) is 0 Å². The highest BCUT2D eigenvalue weighted by atomic mass is 16.1. The van der Waals surface area contributed by atoms with Crippen LogP contribution in [0.5, 0.6) is 0 Å². The first-order valence-electron chi connectivity index (χ1n) is 4.33. The molecule has 1 unspecified atom stereocenters. The van der Waals surface area contributed by atoms with Gasteiger partial charge in [0.25, 0.3) is 0 Å². The first-order chi connectivity index (χ1) is 6.61. The van der Waals surface area contributed by atoms with E-state index in [0.717, 1.165) is 5.69 Å². The Balaban J connectivity index is 2.29. The van der Waals surface area contributed by atoms with E-state index in [9.17, 15) is 4.79 Å². The van der Waals surface area contributed by atoms with Gasteiger partial charge >= 0.3 is 0 Å².